The van der Waals surface area contributed by atoms with Crippen LogP contribution in [-0.4, -0.2) is 12.5 Å². The maximum atomic E-state index is 10.6. The van der Waals surface area contributed by atoms with Crippen molar-refractivity contribution in [3.8, 4) is 6.07 Å². The van der Waals surface area contributed by atoms with Gasteiger partial charge in [-0.1, -0.05) is 13.3 Å². The first-order valence-electron chi connectivity index (χ1n) is 3.24. The van der Waals surface area contributed by atoms with Gasteiger partial charge in [-0.3, -0.25) is 4.79 Å². The second kappa shape index (κ2) is 6.09. The third-order valence-corrected chi connectivity index (χ3v) is 0.989. The van der Waals surface area contributed by atoms with Gasteiger partial charge in [-0.25, -0.2) is 0 Å². The molecule has 3 heteroatoms. The van der Waals surface area contributed by atoms with Crippen LogP contribution in [0.2, 0.25) is 0 Å². The maximum absolute atomic E-state index is 10.6. The van der Waals surface area contributed by atoms with E-state index in [4.69, 9.17) is 5.26 Å². The number of carbonyl (C=O) groups is 1. The lowest BCUT2D eigenvalue weighted by atomic mass is 10.3. The summed E-state index contributed by atoms with van der Waals surface area (Å²) in [6.45, 7) is 4.24. The Morgan fingerprint density at radius 2 is 2.40 bits per heavy atom. The molecule has 0 saturated heterocycles. The van der Waals surface area contributed by atoms with E-state index >= 15 is 0 Å². The van der Waals surface area contributed by atoms with Crippen molar-refractivity contribution in [2.45, 2.75) is 19.3 Å². The van der Waals surface area contributed by atoms with Crippen molar-refractivity contribution in [1.29, 1.82) is 5.26 Å². The van der Waals surface area contributed by atoms with E-state index in [0.29, 0.717) is 6.54 Å². The standard InChI is InChI=1S/C7H11N2O/c1-2-3-6-9-7(10)4-5-8/h1-4,6H2,(H,9,10). The molecular weight excluding hydrogens is 128 g/mol. The molecule has 0 bridgehead atoms. The average Bonchev–Trinajstić information content (AvgIpc) is 1.89. The van der Waals surface area contributed by atoms with Crippen LogP contribution in [0.3, 0.4) is 0 Å². The van der Waals surface area contributed by atoms with Gasteiger partial charge in [-0.05, 0) is 6.42 Å². The summed E-state index contributed by atoms with van der Waals surface area (Å²) < 4.78 is 0. The van der Waals surface area contributed by atoms with Crippen molar-refractivity contribution < 1.29 is 4.79 Å². The molecule has 0 aliphatic heterocycles. The molecule has 0 fully saturated rings. The molecule has 10 heavy (non-hydrogen) atoms. The number of rotatable bonds is 4. The van der Waals surface area contributed by atoms with Gasteiger partial charge >= 0.3 is 0 Å². The zero-order valence-corrected chi connectivity index (χ0v) is 5.89. The number of hydrogen-bond acceptors (Lipinski definition) is 2. The van der Waals surface area contributed by atoms with Crippen molar-refractivity contribution >= 4 is 5.91 Å². The van der Waals surface area contributed by atoms with Crippen LogP contribution in [0.4, 0.5) is 0 Å². The van der Waals surface area contributed by atoms with E-state index in [2.05, 4.69) is 12.2 Å². The summed E-state index contributed by atoms with van der Waals surface area (Å²) >= 11 is 0. The molecule has 0 unspecified atom stereocenters. The molecular formula is C7H11N2O. The van der Waals surface area contributed by atoms with Gasteiger partial charge in [0.25, 0.3) is 0 Å². The molecule has 1 amide bonds. The van der Waals surface area contributed by atoms with Gasteiger partial charge in [0.05, 0.1) is 6.07 Å². The van der Waals surface area contributed by atoms with Gasteiger partial charge in [0.1, 0.15) is 6.42 Å². The van der Waals surface area contributed by atoms with Gasteiger partial charge in [0.15, 0.2) is 0 Å². The van der Waals surface area contributed by atoms with Crippen molar-refractivity contribution in [3.63, 3.8) is 0 Å². The fraction of sp³-hybridized carbons (Fsp3) is 0.571. The lowest BCUT2D eigenvalue weighted by molar-refractivity contribution is -0.120. The third-order valence-electron chi connectivity index (χ3n) is 0.989. The fourth-order valence-corrected chi connectivity index (χ4v) is 0.487. The number of carbonyl (C=O) groups excluding carboxylic acids is 1. The molecule has 0 aromatic carbocycles. The summed E-state index contributed by atoms with van der Waals surface area (Å²) in [7, 11) is 0. The van der Waals surface area contributed by atoms with Crippen LogP contribution in [0.25, 0.3) is 0 Å². The molecule has 3 nitrogen and oxygen atoms in total. The third kappa shape index (κ3) is 5.10. The van der Waals surface area contributed by atoms with E-state index in [1.54, 1.807) is 6.07 Å². The fourth-order valence-electron chi connectivity index (χ4n) is 0.487. The number of nitrogens with one attached hydrogen (secondary N) is 1. The van der Waals surface area contributed by atoms with Crippen molar-refractivity contribution in [3.05, 3.63) is 6.92 Å². The largest absolute Gasteiger partial charge is 0.355 e. The summed E-state index contributed by atoms with van der Waals surface area (Å²) in [5, 5.41) is 10.7. The summed E-state index contributed by atoms with van der Waals surface area (Å²) in [6, 6.07) is 1.77. The van der Waals surface area contributed by atoms with Crippen molar-refractivity contribution in [2.24, 2.45) is 0 Å². The lowest BCUT2D eigenvalue weighted by Gasteiger charge is -1.98. The number of nitrogens with zero attached hydrogens (tertiary/aromatic N) is 1. The smallest absolute Gasteiger partial charge is 0.234 e. The number of unbranched alkanes of at least 4 members (excludes halogenated alkanes) is 1. The topological polar surface area (TPSA) is 52.9 Å². The zero-order chi connectivity index (χ0) is 7.82. The molecule has 0 heterocycles. The summed E-state index contributed by atoms with van der Waals surface area (Å²) in [5.41, 5.74) is 0. The maximum Gasteiger partial charge on any atom is 0.234 e. The first kappa shape index (κ1) is 8.96. The zero-order valence-electron chi connectivity index (χ0n) is 5.89. The van der Waals surface area contributed by atoms with E-state index in [1.165, 1.54) is 0 Å². The van der Waals surface area contributed by atoms with Gasteiger partial charge in [0, 0.05) is 6.54 Å². The first-order chi connectivity index (χ1) is 4.81. The van der Waals surface area contributed by atoms with Crippen LogP contribution in [0.5, 0.6) is 0 Å². The Kier molecular flexibility index (Phi) is 5.45. The van der Waals surface area contributed by atoms with Gasteiger partial charge < -0.3 is 5.32 Å². The predicted octanol–water partition coefficient (Wildman–Crippen LogP) is 0.631. The monoisotopic (exact) mass is 139 g/mol. The molecule has 0 aliphatic carbocycles. The predicted molar refractivity (Wildman–Crippen MR) is 37.8 cm³/mol. The van der Waals surface area contributed by atoms with Crippen molar-refractivity contribution in [1.82, 2.24) is 5.32 Å². The molecule has 55 valence electrons. The van der Waals surface area contributed by atoms with Crippen LogP contribution in [-0.2, 0) is 4.79 Å². The lowest BCUT2D eigenvalue weighted by Crippen LogP contribution is -2.23. The Labute approximate surface area is 61.0 Å². The summed E-state index contributed by atoms with van der Waals surface area (Å²) in [4.78, 5) is 10.6. The van der Waals surface area contributed by atoms with Gasteiger partial charge in [-0.2, -0.15) is 5.26 Å². The van der Waals surface area contributed by atoms with Gasteiger partial charge in [0.2, 0.25) is 5.91 Å². The second-order valence-electron chi connectivity index (χ2n) is 1.89. The molecule has 1 N–H and O–H groups in total. The van der Waals surface area contributed by atoms with Crippen molar-refractivity contribution in [2.75, 3.05) is 6.54 Å². The first-order valence-corrected chi connectivity index (χ1v) is 3.24. The SMILES string of the molecule is [CH2]CCCNC(=O)CC#N. The van der Waals surface area contributed by atoms with Crippen LogP contribution in [0.15, 0.2) is 0 Å². The van der Waals surface area contributed by atoms with E-state index in [9.17, 15) is 4.79 Å². The Morgan fingerprint density at radius 3 is 2.90 bits per heavy atom. The van der Waals surface area contributed by atoms with Crippen LogP contribution < -0.4 is 5.32 Å². The summed E-state index contributed by atoms with van der Waals surface area (Å²) in [6.07, 6.45) is 1.64. The Hall–Kier alpha value is -1.04. The highest BCUT2D eigenvalue weighted by molar-refractivity contribution is 5.77. The van der Waals surface area contributed by atoms with E-state index in [1.807, 2.05) is 0 Å². The number of hydrogen-bond donors (Lipinski definition) is 1. The minimum atomic E-state index is -0.198. The molecule has 0 rings (SSSR count). The second-order valence-corrected chi connectivity index (χ2v) is 1.89. The quantitative estimate of drug-likeness (QED) is 0.581. The van der Waals surface area contributed by atoms with Gasteiger partial charge in [-0.15, -0.1) is 0 Å². The van der Waals surface area contributed by atoms with Crippen LogP contribution >= 0.6 is 0 Å². The molecule has 0 aromatic heterocycles. The number of nitriles is 1. The molecule has 0 aromatic rings. The minimum absolute atomic E-state index is 0.0445. The van der Waals surface area contributed by atoms with E-state index < -0.39 is 0 Å². The normalized spacial score (nSPS) is 8.40. The Morgan fingerprint density at radius 1 is 1.70 bits per heavy atom. The van der Waals surface area contributed by atoms with Crippen LogP contribution in [0.1, 0.15) is 19.3 Å². The minimum Gasteiger partial charge on any atom is -0.355 e. The highest BCUT2D eigenvalue weighted by atomic mass is 16.1. The Bertz CT molecular complexity index is 137. The molecule has 0 spiro atoms. The van der Waals surface area contributed by atoms with E-state index in [-0.39, 0.29) is 12.3 Å². The summed E-state index contributed by atoms with van der Waals surface area (Å²) in [5.74, 6) is -0.198. The highest BCUT2D eigenvalue weighted by Gasteiger charge is 1.95. The van der Waals surface area contributed by atoms with Crippen LogP contribution in [0, 0.1) is 18.3 Å². The Balaban J connectivity index is 3.15. The molecule has 0 atom stereocenters. The molecule has 1 radical (unpaired) electrons. The molecule has 0 saturated carbocycles. The molecule has 0 aliphatic rings. The number of amides is 1. The van der Waals surface area contributed by atoms with E-state index in [0.717, 1.165) is 12.8 Å². The highest BCUT2D eigenvalue weighted by Crippen LogP contribution is 1.82. The average molecular weight is 139 g/mol.